The van der Waals surface area contributed by atoms with Gasteiger partial charge in [-0.3, -0.25) is 10.2 Å². The zero-order chi connectivity index (χ0) is 13.3. The van der Waals surface area contributed by atoms with Crippen molar-refractivity contribution in [2.75, 3.05) is 13.2 Å². The van der Waals surface area contributed by atoms with Crippen LogP contribution in [0.3, 0.4) is 0 Å². The van der Waals surface area contributed by atoms with E-state index in [4.69, 9.17) is 9.47 Å². The molecule has 1 rings (SSSR count). The van der Waals surface area contributed by atoms with E-state index in [0.29, 0.717) is 0 Å². The largest absolute Gasteiger partial charge is 0.443 e. The lowest BCUT2D eigenvalue weighted by Crippen LogP contribution is -2.61. The summed E-state index contributed by atoms with van der Waals surface area (Å²) in [4.78, 5) is 22.8. The monoisotopic (exact) mass is 244 g/mol. The Morgan fingerprint density at radius 1 is 1.47 bits per heavy atom. The molecule has 1 aliphatic heterocycles. The third kappa shape index (κ3) is 4.32. The zero-order valence-electron chi connectivity index (χ0n) is 11.0. The van der Waals surface area contributed by atoms with Crippen LogP contribution in [0, 0.1) is 0 Å². The van der Waals surface area contributed by atoms with E-state index in [9.17, 15) is 9.59 Å². The number of carbonyl (C=O) groups excluding carboxylic acids is 2. The molecule has 0 aromatic rings. The molecule has 1 N–H and O–H groups in total. The Balaban J connectivity index is 2.59. The molecule has 0 spiro atoms. The van der Waals surface area contributed by atoms with Gasteiger partial charge in [0.25, 0.3) is 0 Å². The molecule has 1 amide bonds. The van der Waals surface area contributed by atoms with E-state index in [2.05, 4.69) is 5.43 Å². The summed E-state index contributed by atoms with van der Waals surface area (Å²) in [6, 6.07) is 0. The third-order valence-corrected chi connectivity index (χ3v) is 2.20. The minimum atomic E-state index is -0.717. The van der Waals surface area contributed by atoms with Gasteiger partial charge >= 0.3 is 6.09 Å². The zero-order valence-corrected chi connectivity index (χ0v) is 11.0. The lowest BCUT2D eigenvalue weighted by molar-refractivity contribution is -0.186. The molecular weight excluding hydrogens is 224 g/mol. The van der Waals surface area contributed by atoms with Gasteiger partial charge in [-0.05, 0) is 34.6 Å². The normalized spacial score (nSPS) is 21.1. The maximum Gasteiger partial charge on any atom is 0.422 e. The molecule has 98 valence electrons. The molecule has 0 radical (unpaired) electrons. The Morgan fingerprint density at radius 3 is 2.59 bits per heavy atom. The van der Waals surface area contributed by atoms with Crippen LogP contribution in [0.5, 0.6) is 0 Å². The molecule has 17 heavy (non-hydrogen) atoms. The molecule has 1 heterocycles. The average Bonchev–Trinajstić information content (AvgIpc) is 2.09. The molecule has 0 aromatic heterocycles. The molecule has 6 nitrogen and oxygen atoms in total. The second-order valence-corrected chi connectivity index (χ2v) is 5.47. The summed E-state index contributed by atoms with van der Waals surface area (Å²) in [5.74, 6) is -0.0830. The smallest absolute Gasteiger partial charge is 0.422 e. The standard InChI is InChI=1S/C11H20N2O4/c1-10(2,3)17-9(15)12-13-6-8(14)7-16-11(13,4)5/h6-7H2,1-5H3,(H,12,15). The predicted octanol–water partition coefficient (Wildman–Crippen LogP) is 1.06. The highest BCUT2D eigenvalue weighted by Gasteiger charge is 2.36. The van der Waals surface area contributed by atoms with E-state index in [-0.39, 0.29) is 18.9 Å². The van der Waals surface area contributed by atoms with E-state index in [0.717, 1.165) is 0 Å². The number of nitrogens with one attached hydrogen (secondary N) is 1. The maximum absolute atomic E-state index is 11.6. The number of hydrazine groups is 1. The van der Waals surface area contributed by atoms with Gasteiger partial charge in [-0.1, -0.05) is 0 Å². The van der Waals surface area contributed by atoms with Crippen molar-refractivity contribution in [2.45, 2.75) is 45.9 Å². The quantitative estimate of drug-likeness (QED) is 0.747. The second-order valence-electron chi connectivity index (χ2n) is 5.47. The SMILES string of the molecule is CC(C)(C)OC(=O)NN1CC(=O)COC1(C)C. The van der Waals surface area contributed by atoms with E-state index in [1.54, 1.807) is 34.6 Å². The van der Waals surface area contributed by atoms with Crippen molar-refractivity contribution in [3.63, 3.8) is 0 Å². The van der Waals surface area contributed by atoms with Crippen LogP contribution in [0.15, 0.2) is 0 Å². The summed E-state index contributed by atoms with van der Waals surface area (Å²) < 4.78 is 10.4. The van der Waals surface area contributed by atoms with Crippen molar-refractivity contribution in [2.24, 2.45) is 0 Å². The second kappa shape index (κ2) is 4.62. The van der Waals surface area contributed by atoms with Gasteiger partial charge in [0.2, 0.25) is 0 Å². The van der Waals surface area contributed by atoms with Crippen LogP contribution >= 0.6 is 0 Å². The van der Waals surface area contributed by atoms with Gasteiger partial charge in [0.05, 0.1) is 6.54 Å². The lowest BCUT2D eigenvalue weighted by Gasteiger charge is -2.40. The van der Waals surface area contributed by atoms with Crippen LogP contribution in [0.2, 0.25) is 0 Å². The van der Waals surface area contributed by atoms with Gasteiger partial charge in [0.1, 0.15) is 17.9 Å². The van der Waals surface area contributed by atoms with Gasteiger partial charge in [0.15, 0.2) is 5.78 Å². The maximum atomic E-state index is 11.6. The van der Waals surface area contributed by atoms with Crippen molar-refractivity contribution in [1.82, 2.24) is 10.4 Å². The molecular formula is C11H20N2O4. The van der Waals surface area contributed by atoms with Gasteiger partial charge in [-0.2, -0.15) is 5.01 Å². The highest BCUT2D eigenvalue weighted by atomic mass is 16.6. The molecule has 0 aliphatic carbocycles. The Labute approximate surface area is 101 Å². The first kappa shape index (κ1) is 13.9. The Kier molecular flexibility index (Phi) is 3.78. The molecule has 1 aliphatic rings. The molecule has 0 aromatic carbocycles. The first-order valence-electron chi connectivity index (χ1n) is 5.53. The Bertz CT molecular complexity index is 320. The van der Waals surface area contributed by atoms with Crippen molar-refractivity contribution in [1.29, 1.82) is 0 Å². The van der Waals surface area contributed by atoms with E-state index < -0.39 is 17.4 Å². The molecule has 0 atom stereocenters. The van der Waals surface area contributed by atoms with E-state index in [1.165, 1.54) is 5.01 Å². The molecule has 0 saturated carbocycles. The van der Waals surface area contributed by atoms with Crippen molar-refractivity contribution < 1.29 is 19.1 Å². The number of hydrogen-bond acceptors (Lipinski definition) is 5. The minimum Gasteiger partial charge on any atom is -0.443 e. The summed E-state index contributed by atoms with van der Waals surface area (Å²) >= 11 is 0. The highest BCUT2D eigenvalue weighted by molar-refractivity contribution is 5.82. The van der Waals surface area contributed by atoms with Crippen LogP contribution in [0.4, 0.5) is 4.79 Å². The predicted molar refractivity (Wildman–Crippen MR) is 61.1 cm³/mol. The summed E-state index contributed by atoms with van der Waals surface area (Å²) in [6.07, 6.45) is -0.594. The Hall–Kier alpha value is -1.14. The van der Waals surface area contributed by atoms with Crippen LogP contribution in [0.1, 0.15) is 34.6 Å². The third-order valence-electron chi connectivity index (χ3n) is 2.20. The van der Waals surface area contributed by atoms with Crippen molar-refractivity contribution >= 4 is 11.9 Å². The van der Waals surface area contributed by atoms with Gasteiger partial charge in [-0.25, -0.2) is 4.79 Å². The molecule has 1 fully saturated rings. The topological polar surface area (TPSA) is 67.9 Å². The summed E-state index contributed by atoms with van der Waals surface area (Å²) in [5.41, 5.74) is 1.23. The fraction of sp³-hybridized carbons (Fsp3) is 0.818. The summed E-state index contributed by atoms with van der Waals surface area (Å²) in [6.45, 7) is 9.06. The number of nitrogens with zero attached hydrogens (tertiary/aromatic N) is 1. The number of ketones is 1. The van der Waals surface area contributed by atoms with Crippen molar-refractivity contribution in [3.05, 3.63) is 0 Å². The number of rotatable bonds is 1. The van der Waals surface area contributed by atoms with Crippen LogP contribution in [0.25, 0.3) is 0 Å². The van der Waals surface area contributed by atoms with Crippen molar-refractivity contribution in [3.8, 4) is 0 Å². The molecule has 6 heteroatoms. The van der Waals surface area contributed by atoms with Gasteiger partial charge in [-0.15, -0.1) is 0 Å². The Morgan fingerprint density at radius 2 is 2.06 bits per heavy atom. The lowest BCUT2D eigenvalue weighted by atomic mass is 10.2. The minimum absolute atomic E-state index is 0.0689. The number of Topliss-reactive ketones (excluding diaryl/α,β-unsaturated/α-hetero) is 1. The summed E-state index contributed by atoms with van der Waals surface area (Å²) in [7, 11) is 0. The average molecular weight is 244 g/mol. The van der Waals surface area contributed by atoms with Crippen LogP contribution in [-0.4, -0.2) is 41.4 Å². The number of hydrogen-bond donors (Lipinski definition) is 1. The molecule has 1 saturated heterocycles. The number of amides is 1. The van der Waals surface area contributed by atoms with E-state index in [1.807, 2.05) is 0 Å². The summed E-state index contributed by atoms with van der Waals surface area (Å²) in [5, 5.41) is 1.44. The fourth-order valence-corrected chi connectivity index (χ4v) is 1.33. The first-order valence-corrected chi connectivity index (χ1v) is 5.53. The van der Waals surface area contributed by atoms with E-state index >= 15 is 0 Å². The van der Waals surface area contributed by atoms with Crippen LogP contribution in [-0.2, 0) is 14.3 Å². The molecule has 0 bridgehead atoms. The number of ether oxygens (including phenoxy) is 2. The highest BCUT2D eigenvalue weighted by Crippen LogP contribution is 2.18. The molecule has 0 unspecified atom stereocenters. The fourth-order valence-electron chi connectivity index (χ4n) is 1.33. The number of carbonyl (C=O) groups is 2. The van der Waals surface area contributed by atoms with Gasteiger partial charge < -0.3 is 9.47 Å². The van der Waals surface area contributed by atoms with Gasteiger partial charge in [0, 0.05) is 0 Å². The first-order chi connectivity index (χ1) is 7.60. The van der Waals surface area contributed by atoms with Crippen LogP contribution < -0.4 is 5.43 Å².